The van der Waals surface area contributed by atoms with Crippen molar-refractivity contribution < 1.29 is 9.53 Å². The molecule has 0 spiro atoms. The Morgan fingerprint density at radius 1 is 1.53 bits per heavy atom. The fourth-order valence-electron chi connectivity index (χ4n) is 1.21. The van der Waals surface area contributed by atoms with Gasteiger partial charge in [-0.2, -0.15) is 0 Å². The third-order valence-corrected chi connectivity index (χ3v) is 2.02. The molecule has 1 aliphatic rings. The summed E-state index contributed by atoms with van der Waals surface area (Å²) in [5.41, 5.74) is 1.11. The fraction of sp³-hybridized carbons (Fsp3) is 0.545. The Hall–Kier alpha value is -1.45. The second kappa shape index (κ2) is 6.11. The zero-order chi connectivity index (χ0) is 11.1. The first-order valence-electron chi connectivity index (χ1n) is 5.15. The van der Waals surface area contributed by atoms with Crippen LogP contribution in [0.4, 0.5) is 4.79 Å². The van der Waals surface area contributed by atoms with Crippen molar-refractivity contribution >= 4 is 6.09 Å². The van der Waals surface area contributed by atoms with Gasteiger partial charge < -0.3 is 15.0 Å². The van der Waals surface area contributed by atoms with Crippen LogP contribution in [-0.2, 0) is 4.74 Å². The highest BCUT2D eigenvalue weighted by molar-refractivity contribution is 5.66. The molecule has 1 N–H and O–H groups in total. The quantitative estimate of drug-likeness (QED) is 0.715. The molecule has 1 aliphatic carbocycles. The minimum Gasteiger partial charge on any atom is -0.448 e. The molecule has 0 saturated heterocycles. The minimum atomic E-state index is -0.301. The van der Waals surface area contributed by atoms with Crippen molar-refractivity contribution in [1.82, 2.24) is 10.2 Å². The SMILES string of the molecule is CN(C)C(=O)OCCNC1=CCCC=C1. The number of allylic oxidation sites excluding steroid dienone is 3. The topological polar surface area (TPSA) is 41.6 Å². The van der Waals surface area contributed by atoms with Gasteiger partial charge in [-0.3, -0.25) is 0 Å². The number of nitrogens with zero attached hydrogens (tertiary/aromatic N) is 1. The highest BCUT2D eigenvalue weighted by Crippen LogP contribution is 2.05. The largest absolute Gasteiger partial charge is 0.448 e. The van der Waals surface area contributed by atoms with Gasteiger partial charge in [0.2, 0.25) is 0 Å². The Balaban J connectivity index is 2.09. The van der Waals surface area contributed by atoms with Gasteiger partial charge in [-0.25, -0.2) is 4.79 Å². The van der Waals surface area contributed by atoms with Gasteiger partial charge in [0.1, 0.15) is 6.61 Å². The monoisotopic (exact) mass is 210 g/mol. The summed E-state index contributed by atoms with van der Waals surface area (Å²) in [7, 11) is 3.34. The maximum absolute atomic E-state index is 11.0. The van der Waals surface area contributed by atoms with E-state index in [4.69, 9.17) is 4.74 Å². The predicted octanol–water partition coefficient (Wildman–Crippen LogP) is 1.51. The lowest BCUT2D eigenvalue weighted by atomic mass is 10.1. The van der Waals surface area contributed by atoms with Crippen molar-refractivity contribution in [3.63, 3.8) is 0 Å². The lowest BCUT2D eigenvalue weighted by molar-refractivity contribution is 0.120. The van der Waals surface area contributed by atoms with E-state index in [0.717, 1.165) is 18.5 Å². The van der Waals surface area contributed by atoms with E-state index >= 15 is 0 Å². The molecule has 0 radical (unpaired) electrons. The van der Waals surface area contributed by atoms with Gasteiger partial charge in [-0.1, -0.05) is 12.2 Å². The van der Waals surface area contributed by atoms with Crippen molar-refractivity contribution in [2.75, 3.05) is 27.2 Å². The fourth-order valence-corrected chi connectivity index (χ4v) is 1.21. The van der Waals surface area contributed by atoms with E-state index in [1.165, 1.54) is 4.90 Å². The molecule has 0 unspecified atom stereocenters. The van der Waals surface area contributed by atoms with Crippen molar-refractivity contribution in [3.05, 3.63) is 23.9 Å². The Morgan fingerprint density at radius 2 is 2.33 bits per heavy atom. The molecular formula is C11H18N2O2. The first kappa shape index (κ1) is 11.6. The highest BCUT2D eigenvalue weighted by Gasteiger charge is 2.03. The highest BCUT2D eigenvalue weighted by atomic mass is 16.6. The summed E-state index contributed by atoms with van der Waals surface area (Å²) in [5.74, 6) is 0. The molecule has 4 heteroatoms. The summed E-state index contributed by atoms with van der Waals surface area (Å²) in [4.78, 5) is 12.5. The van der Waals surface area contributed by atoms with Crippen LogP contribution in [0.5, 0.6) is 0 Å². The minimum absolute atomic E-state index is 0.301. The van der Waals surface area contributed by atoms with Crippen LogP contribution < -0.4 is 5.32 Å². The first-order chi connectivity index (χ1) is 7.20. The smallest absolute Gasteiger partial charge is 0.409 e. The van der Waals surface area contributed by atoms with Crippen LogP contribution in [0, 0.1) is 0 Å². The van der Waals surface area contributed by atoms with Crippen molar-refractivity contribution in [3.8, 4) is 0 Å². The number of amides is 1. The zero-order valence-corrected chi connectivity index (χ0v) is 9.32. The number of ether oxygens (including phenoxy) is 1. The summed E-state index contributed by atoms with van der Waals surface area (Å²) in [6.45, 7) is 1.04. The van der Waals surface area contributed by atoms with E-state index in [9.17, 15) is 4.79 Å². The second-order valence-electron chi connectivity index (χ2n) is 3.57. The summed E-state index contributed by atoms with van der Waals surface area (Å²) in [6, 6.07) is 0. The summed E-state index contributed by atoms with van der Waals surface area (Å²) >= 11 is 0. The molecule has 15 heavy (non-hydrogen) atoms. The average Bonchev–Trinajstić information content (AvgIpc) is 2.25. The zero-order valence-electron chi connectivity index (χ0n) is 9.32. The van der Waals surface area contributed by atoms with Crippen LogP contribution >= 0.6 is 0 Å². The Bertz CT molecular complexity index is 270. The van der Waals surface area contributed by atoms with E-state index in [1.54, 1.807) is 14.1 Å². The van der Waals surface area contributed by atoms with Crippen molar-refractivity contribution in [2.45, 2.75) is 12.8 Å². The maximum atomic E-state index is 11.0. The molecule has 84 valence electrons. The van der Waals surface area contributed by atoms with E-state index in [1.807, 2.05) is 0 Å². The summed E-state index contributed by atoms with van der Waals surface area (Å²) in [5, 5.41) is 3.19. The van der Waals surface area contributed by atoms with Crippen LogP contribution in [0.2, 0.25) is 0 Å². The summed E-state index contributed by atoms with van der Waals surface area (Å²) < 4.78 is 4.97. The van der Waals surface area contributed by atoms with Crippen molar-refractivity contribution in [2.24, 2.45) is 0 Å². The third kappa shape index (κ3) is 4.54. The van der Waals surface area contributed by atoms with Gasteiger partial charge in [-0.15, -0.1) is 0 Å². The van der Waals surface area contributed by atoms with Gasteiger partial charge >= 0.3 is 6.09 Å². The van der Waals surface area contributed by atoms with Gasteiger partial charge in [-0.05, 0) is 18.9 Å². The van der Waals surface area contributed by atoms with Crippen LogP contribution in [0.25, 0.3) is 0 Å². The molecule has 0 heterocycles. The maximum Gasteiger partial charge on any atom is 0.409 e. The van der Waals surface area contributed by atoms with Crippen LogP contribution in [0.3, 0.4) is 0 Å². The molecule has 0 fully saturated rings. The lowest BCUT2D eigenvalue weighted by Gasteiger charge is -2.13. The van der Waals surface area contributed by atoms with Crippen molar-refractivity contribution in [1.29, 1.82) is 0 Å². The molecular weight excluding hydrogens is 192 g/mol. The number of carbonyl (C=O) groups excluding carboxylic acids is 1. The Morgan fingerprint density at radius 3 is 2.93 bits per heavy atom. The number of nitrogens with one attached hydrogen (secondary N) is 1. The molecule has 0 atom stereocenters. The van der Waals surface area contributed by atoms with E-state index in [0.29, 0.717) is 13.2 Å². The standard InChI is InChI=1S/C11H18N2O2/c1-13(2)11(14)15-9-8-12-10-6-4-3-5-7-10/h4,6-7,12H,3,5,8-9H2,1-2H3. The molecule has 0 saturated carbocycles. The normalized spacial score (nSPS) is 14.4. The predicted molar refractivity (Wildman–Crippen MR) is 59.5 cm³/mol. The second-order valence-corrected chi connectivity index (χ2v) is 3.57. The molecule has 0 bridgehead atoms. The third-order valence-electron chi connectivity index (χ3n) is 2.02. The Labute approximate surface area is 90.6 Å². The van der Waals surface area contributed by atoms with Crippen LogP contribution in [0.15, 0.2) is 23.9 Å². The molecule has 0 aromatic heterocycles. The van der Waals surface area contributed by atoms with Crippen LogP contribution in [0.1, 0.15) is 12.8 Å². The van der Waals surface area contributed by atoms with Gasteiger partial charge in [0.25, 0.3) is 0 Å². The van der Waals surface area contributed by atoms with E-state index in [2.05, 4.69) is 23.5 Å². The van der Waals surface area contributed by atoms with Gasteiger partial charge in [0.15, 0.2) is 0 Å². The number of carbonyl (C=O) groups is 1. The molecule has 1 amide bonds. The van der Waals surface area contributed by atoms with Gasteiger partial charge in [0.05, 0.1) is 0 Å². The van der Waals surface area contributed by atoms with E-state index < -0.39 is 0 Å². The molecule has 1 rings (SSSR count). The first-order valence-corrected chi connectivity index (χ1v) is 5.15. The average molecular weight is 210 g/mol. The molecule has 0 aliphatic heterocycles. The number of hydrogen-bond acceptors (Lipinski definition) is 3. The van der Waals surface area contributed by atoms with Gasteiger partial charge in [0, 0.05) is 26.3 Å². The number of hydrogen-bond donors (Lipinski definition) is 1. The van der Waals surface area contributed by atoms with Crippen LogP contribution in [-0.4, -0.2) is 38.2 Å². The molecule has 0 aromatic rings. The molecule has 0 aromatic carbocycles. The number of rotatable bonds is 4. The lowest BCUT2D eigenvalue weighted by Crippen LogP contribution is -2.27. The van der Waals surface area contributed by atoms with E-state index in [-0.39, 0.29) is 6.09 Å². The summed E-state index contributed by atoms with van der Waals surface area (Å²) in [6.07, 6.45) is 8.22. The molecule has 4 nitrogen and oxygen atoms in total. The Kier molecular flexibility index (Phi) is 4.74.